The highest BCUT2D eigenvalue weighted by Crippen LogP contribution is 2.08. The lowest BCUT2D eigenvalue weighted by Crippen LogP contribution is -2.51. The van der Waals surface area contributed by atoms with Crippen LogP contribution in [0.2, 0.25) is 0 Å². The van der Waals surface area contributed by atoms with Crippen LogP contribution in [0.4, 0.5) is 4.79 Å². The summed E-state index contributed by atoms with van der Waals surface area (Å²) in [6.45, 7) is 7.23. The van der Waals surface area contributed by atoms with Gasteiger partial charge in [-0.25, -0.2) is 4.79 Å². The molecule has 5 nitrogen and oxygen atoms in total. The zero-order valence-electron chi connectivity index (χ0n) is 11.7. The minimum absolute atomic E-state index is 0.252. The fourth-order valence-corrected chi connectivity index (χ4v) is 1.35. The molecule has 19 heavy (non-hydrogen) atoms. The van der Waals surface area contributed by atoms with E-state index in [1.807, 2.05) is 26.8 Å². The molecule has 0 saturated carbocycles. The molecule has 0 spiro atoms. The summed E-state index contributed by atoms with van der Waals surface area (Å²) in [7, 11) is 0. The number of carbonyl (C=O) groups is 2. The van der Waals surface area contributed by atoms with Gasteiger partial charge in [0.25, 0.3) is 0 Å². The van der Waals surface area contributed by atoms with Crippen LogP contribution in [0.5, 0.6) is 5.75 Å². The van der Waals surface area contributed by atoms with Crippen molar-refractivity contribution in [3.63, 3.8) is 0 Å². The highest BCUT2D eigenvalue weighted by Gasteiger charge is 2.21. The van der Waals surface area contributed by atoms with Gasteiger partial charge >= 0.3 is 6.09 Å². The van der Waals surface area contributed by atoms with E-state index >= 15 is 0 Å². The molecule has 0 saturated heterocycles. The van der Waals surface area contributed by atoms with E-state index in [4.69, 9.17) is 4.74 Å². The predicted octanol–water partition coefficient (Wildman–Crippen LogP) is 2.08. The molecule has 0 aliphatic rings. The average molecular weight is 264 g/mol. The summed E-state index contributed by atoms with van der Waals surface area (Å²) >= 11 is 0. The maximum absolute atomic E-state index is 11.8. The van der Waals surface area contributed by atoms with Crippen molar-refractivity contribution < 1.29 is 14.3 Å². The van der Waals surface area contributed by atoms with Crippen molar-refractivity contribution in [3.8, 4) is 5.75 Å². The molecule has 0 bridgehead atoms. The molecule has 1 atom stereocenters. The van der Waals surface area contributed by atoms with Gasteiger partial charge in [0.15, 0.2) is 0 Å². The van der Waals surface area contributed by atoms with Crippen LogP contribution < -0.4 is 15.4 Å². The van der Waals surface area contributed by atoms with Crippen LogP contribution in [-0.2, 0) is 4.79 Å². The van der Waals surface area contributed by atoms with Gasteiger partial charge in [-0.15, -0.1) is 0 Å². The zero-order valence-corrected chi connectivity index (χ0v) is 11.7. The minimum atomic E-state index is -0.657. The van der Waals surface area contributed by atoms with Gasteiger partial charge in [0.1, 0.15) is 11.8 Å². The lowest BCUT2D eigenvalue weighted by molar-refractivity contribution is -0.124. The Morgan fingerprint density at radius 3 is 2.26 bits per heavy atom. The number of para-hydroxylation sites is 1. The Kier molecular flexibility index (Phi) is 4.92. The highest BCUT2D eigenvalue weighted by molar-refractivity contribution is 5.86. The molecular weight excluding hydrogens is 244 g/mol. The Morgan fingerprint density at radius 1 is 1.16 bits per heavy atom. The molecule has 0 fully saturated rings. The molecule has 0 heterocycles. The quantitative estimate of drug-likeness (QED) is 0.878. The second-order valence-corrected chi connectivity index (χ2v) is 5.31. The van der Waals surface area contributed by atoms with Gasteiger partial charge in [0.05, 0.1) is 0 Å². The Morgan fingerprint density at radius 2 is 1.74 bits per heavy atom. The summed E-state index contributed by atoms with van der Waals surface area (Å²) in [4.78, 5) is 23.3. The van der Waals surface area contributed by atoms with E-state index < -0.39 is 12.1 Å². The van der Waals surface area contributed by atoms with Gasteiger partial charge in [-0.05, 0) is 39.8 Å². The van der Waals surface area contributed by atoms with E-state index in [1.165, 1.54) is 0 Å². The SMILES string of the molecule is CC(NC(=O)Oc1ccccc1)C(=O)NC(C)(C)C. The smallest absolute Gasteiger partial charge is 0.410 e. The van der Waals surface area contributed by atoms with Crippen LogP contribution >= 0.6 is 0 Å². The third-order valence-electron chi connectivity index (χ3n) is 2.18. The van der Waals surface area contributed by atoms with Gasteiger partial charge < -0.3 is 15.4 Å². The number of rotatable bonds is 3. The Labute approximate surface area is 113 Å². The van der Waals surface area contributed by atoms with Gasteiger partial charge in [-0.2, -0.15) is 0 Å². The number of hydrogen-bond acceptors (Lipinski definition) is 3. The predicted molar refractivity (Wildman–Crippen MR) is 73.0 cm³/mol. The summed E-state index contributed by atoms with van der Waals surface area (Å²) in [6, 6.07) is 8.02. The molecule has 2 amide bonds. The molecule has 1 rings (SSSR count). The molecular formula is C14H20N2O3. The number of benzene rings is 1. The summed E-state index contributed by atoms with van der Waals surface area (Å²) in [5.74, 6) is 0.181. The minimum Gasteiger partial charge on any atom is -0.410 e. The first-order valence-corrected chi connectivity index (χ1v) is 6.13. The van der Waals surface area contributed by atoms with Crippen molar-refractivity contribution in [1.82, 2.24) is 10.6 Å². The van der Waals surface area contributed by atoms with E-state index in [0.717, 1.165) is 0 Å². The van der Waals surface area contributed by atoms with Crippen molar-refractivity contribution in [1.29, 1.82) is 0 Å². The van der Waals surface area contributed by atoms with Crippen molar-refractivity contribution in [3.05, 3.63) is 30.3 Å². The standard InChI is InChI=1S/C14H20N2O3/c1-10(12(17)16-14(2,3)4)15-13(18)19-11-8-6-5-7-9-11/h5-10H,1-4H3,(H,15,18)(H,16,17). The summed E-state index contributed by atoms with van der Waals surface area (Å²) < 4.78 is 5.04. The van der Waals surface area contributed by atoms with Gasteiger partial charge in [0.2, 0.25) is 5.91 Å². The average Bonchev–Trinajstić information content (AvgIpc) is 2.27. The molecule has 1 aromatic rings. The molecule has 2 N–H and O–H groups in total. The van der Waals surface area contributed by atoms with Crippen LogP contribution in [0.1, 0.15) is 27.7 Å². The number of carbonyl (C=O) groups excluding carboxylic acids is 2. The largest absolute Gasteiger partial charge is 0.413 e. The van der Waals surface area contributed by atoms with E-state index in [9.17, 15) is 9.59 Å². The fourth-order valence-electron chi connectivity index (χ4n) is 1.35. The fraction of sp³-hybridized carbons (Fsp3) is 0.429. The topological polar surface area (TPSA) is 67.4 Å². The van der Waals surface area contributed by atoms with Gasteiger partial charge in [-0.1, -0.05) is 18.2 Å². The first-order chi connectivity index (χ1) is 8.78. The highest BCUT2D eigenvalue weighted by atomic mass is 16.6. The van der Waals surface area contributed by atoms with E-state index in [2.05, 4.69) is 10.6 Å². The van der Waals surface area contributed by atoms with Crippen LogP contribution in [0.25, 0.3) is 0 Å². The molecule has 0 radical (unpaired) electrons. The molecule has 104 valence electrons. The van der Waals surface area contributed by atoms with E-state index in [-0.39, 0.29) is 11.4 Å². The van der Waals surface area contributed by atoms with Crippen LogP contribution in [0.15, 0.2) is 30.3 Å². The first kappa shape index (κ1) is 15.0. The Balaban J connectivity index is 2.46. The molecule has 5 heteroatoms. The van der Waals surface area contributed by atoms with Crippen molar-refractivity contribution >= 4 is 12.0 Å². The lowest BCUT2D eigenvalue weighted by Gasteiger charge is -2.23. The lowest BCUT2D eigenvalue weighted by atomic mass is 10.1. The van der Waals surface area contributed by atoms with Crippen LogP contribution in [0.3, 0.4) is 0 Å². The summed E-state index contributed by atoms with van der Waals surface area (Å²) in [5, 5.41) is 5.26. The van der Waals surface area contributed by atoms with Crippen molar-refractivity contribution in [2.75, 3.05) is 0 Å². The van der Waals surface area contributed by atoms with Gasteiger partial charge in [-0.3, -0.25) is 4.79 Å². The maximum atomic E-state index is 11.8. The third-order valence-corrected chi connectivity index (χ3v) is 2.18. The van der Waals surface area contributed by atoms with Crippen molar-refractivity contribution in [2.45, 2.75) is 39.3 Å². The second-order valence-electron chi connectivity index (χ2n) is 5.31. The summed E-state index contributed by atoms with van der Waals surface area (Å²) in [5.41, 5.74) is -0.337. The maximum Gasteiger partial charge on any atom is 0.413 e. The van der Waals surface area contributed by atoms with Crippen LogP contribution in [-0.4, -0.2) is 23.6 Å². The summed E-state index contributed by atoms with van der Waals surface area (Å²) in [6.07, 6.45) is -0.650. The molecule has 1 aromatic carbocycles. The van der Waals surface area contributed by atoms with E-state index in [0.29, 0.717) is 5.75 Å². The Bertz CT molecular complexity index is 438. The number of nitrogens with one attached hydrogen (secondary N) is 2. The Hall–Kier alpha value is -2.04. The monoisotopic (exact) mass is 264 g/mol. The zero-order chi connectivity index (χ0) is 14.5. The number of hydrogen-bond donors (Lipinski definition) is 2. The molecule has 0 aliphatic heterocycles. The van der Waals surface area contributed by atoms with Crippen LogP contribution in [0, 0.1) is 0 Å². The van der Waals surface area contributed by atoms with E-state index in [1.54, 1.807) is 31.2 Å². The second kappa shape index (κ2) is 6.22. The number of ether oxygens (including phenoxy) is 1. The van der Waals surface area contributed by atoms with Crippen molar-refractivity contribution in [2.24, 2.45) is 0 Å². The number of amides is 2. The first-order valence-electron chi connectivity index (χ1n) is 6.13. The molecule has 1 unspecified atom stereocenters. The molecule has 0 aliphatic carbocycles. The third kappa shape index (κ3) is 5.90. The normalized spacial score (nSPS) is 12.4. The van der Waals surface area contributed by atoms with Gasteiger partial charge in [0, 0.05) is 5.54 Å². The molecule has 0 aromatic heterocycles.